The Kier molecular flexibility index (Phi) is 5.82. The van der Waals surface area contributed by atoms with Crippen molar-refractivity contribution in [2.75, 3.05) is 18.1 Å². The van der Waals surface area contributed by atoms with Gasteiger partial charge < -0.3 is 9.64 Å². The fraction of sp³-hybridized carbons (Fsp3) is 0.333. The fourth-order valence-electron chi connectivity index (χ4n) is 3.14. The maximum Gasteiger partial charge on any atom is 0.328 e. The molecule has 1 fully saturated rings. The average molecular weight is 421 g/mol. The zero-order valence-electron chi connectivity index (χ0n) is 14.9. The Bertz CT molecular complexity index is 1040. The van der Waals surface area contributed by atoms with E-state index >= 15 is 0 Å². The lowest BCUT2D eigenvalue weighted by atomic mass is 10.2. The number of hydrogen-bond acceptors (Lipinski definition) is 8. The van der Waals surface area contributed by atoms with E-state index in [1.54, 1.807) is 19.1 Å². The van der Waals surface area contributed by atoms with Crippen LogP contribution in [0.15, 0.2) is 41.6 Å². The van der Waals surface area contributed by atoms with Crippen LogP contribution in [0.3, 0.4) is 0 Å². The van der Waals surface area contributed by atoms with E-state index in [0.29, 0.717) is 0 Å². The lowest BCUT2D eigenvalue weighted by Crippen LogP contribution is -2.38. The number of nitriles is 1. The van der Waals surface area contributed by atoms with Crippen LogP contribution in [0.25, 0.3) is 0 Å². The highest BCUT2D eigenvalue weighted by Crippen LogP contribution is 2.33. The summed E-state index contributed by atoms with van der Waals surface area (Å²) in [7, 11) is -3.80. The number of rotatable bonds is 5. The van der Waals surface area contributed by atoms with Gasteiger partial charge in [0.25, 0.3) is 0 Å². The summed E-state index contributed by atoms with van der Waals surface area (Å²) in [5.74, 6) is -0.308. The van der Waals surface area contributed by atoms with Gasteiger partial charge in [-0.05, 0) is 25.5 Å². The zero-order valence-corrected chi connectivity index (χ0v) is 16.5. The van der Waals surface area contributed by atoms with E-state index < -0.39 is 27.1 Å². The number of nitrogens with zero attached hydrogens (tertiary/aromatic N) is 4. The molecule has 1 aromatic carbocycles. The van der Waals surface area contributed by atoms with Crippen LogP contribution in [0.2, 0.25) is 5.02 Å². The first-order valence-corrected chi connectivity index (χ1v) is 10.4. The molecule has 28 heavy (non-hydrogen) atoms. The number of carbonyl (C=O) groups is 1. The van der Waals surface area contributed by atoms with Crippen molar-refractivity contribution in [3.8, 4) is 6.07 Å². The molecule has 2 atom stereocenters. The standard InChI is InChI=1S/C18H17ClN4O4S/c1-2-27-18(24)15-7-13(28(25,26)16-6-4-3-5-14(16)19)11-23(15)17-10-21-9-12(8-20)22-17/h3-6,9-10,13,15H,2,7,11H2,1H3/t13-,15?/m0/s1. The third-order valence-electron chi connectivity index (χ3n) is 4.43. The number of carbonyl (C=O) groups excluding carboxylic acids is 1. The Morgan fingerprint density at radius 2 is 2.14 bits per heavy atom. The van der Waals surface area contributed by atoms with Crippen molar-refractivity contribution >= 4 is 33.2 Å². The van der Waals surface area contributed by atoms with Gasteiger partial charge in [-0.25, -0.2) is 18.2 Å². The van der Waals surface area contributed by atoms with E-state index in [4.69, 9.17) is 21.6 Å². The summed E-state index contributed by atoms with van der Waals surface area (Å²) in [4.78, 5) is 22.1. The van der Waals surface area contributed by atoms with E-state index in [9.17, 15) is 13.2 Å². The molecule has 0 radical (unpaired) electrons. The van der Waals surface area contributed by atoms with Crippen LogP contribution < -0.4 is 4.90 Å². The highest BCUT2D eigenvalue weighted by Gasteiger charge is 2.45. The van der Waals surface area contributed by atoms with E-state index in [0.717, 1.165) is 0 Å². The molecule has 2 aromatic rings. The third kappa shape index (κ3) is 3.79. The Hall–Kier alpha value is -2.70. The Morgan fingerprint density at radius 1 is 1.39 bits per heavy atom. The molecule has 1 aromatic heterocycles. The van der Waals surface area contributed by atoms with Crippen molar-refractivity contribution in [3.05, 3.63) is 47.4 Å². The third-order valence-corrected chi connectivity index (χ3v) is 7.06. The number of anilines is 1. The van der Waals surface area contributed by atoms with Gasteiger partial charge in [0.05, 0.1) is 34.2 Å². The molecule has 0 bridgehead atoms. The summed E-state index contributed by atoms with van der Waals surface area (Å²) in [6.45, 7) is 1.83. The average Bonchev–Trinajstić information content (AvgIpc) is 3.15. The molecule has 1 unspecified atom stereocenters. The Morgan fingerprint density at radius 3 is 2.82 bits per heavy atom. The number of aromatic nitrogens is 2. The molecule has 1 aliphatic rings. The molecule has 0 amide bonds. The molecular formula is C18H17ClN4O4S. The topological polar surface area (TPSA) is 113 Å². The van der Waals surface area contributed by atoms with Crippen LogP contribution in [0.4, 0.5) is 5.82 Å². The first-order valence-electron chi connectivity index (χ1n) is 8.52. The molecule has 0 saturated carbocycles. The zero-order chi connectivity index (χ0) is 20.3. The lowest BCUT2D eigenvalue weighted by Gasteiger charge is -2.23. The highest BCUT2D eigenvalue weighted by atomic mass is 35.5. The second-order valence-corrected chi connectivity index (χ2v) is 8.73. The van der Waals surface area contributed by atoms with Crippen molar-refractivity contribution in [1.82, 2.24) is 9.97 Å². The normalized spacial score (nSPS) is 19.2. The molecule has 2 heterocycles. The van der Waals surface area contributed by atoms with Crippen molar-refractivity contribution in [3.63, 3.8) is 0 Å². The Labute approximate surface area is 167 Å². The number of benzene rings is 1. The van der Waals surface area contributed by atoms with E-state index in [-0.39, 0.29) is 41.0 Å². The van der Waals surface area contributed by atoms with E-state index in [1.165, 1.54) is 29.4 Å². The number of sulfone groups is 1. The van der Waals surface area contributed by atoms with Crippen LogP contribution in [0.5, 0.6) is 0 Å². The summed E-state index contributed by atoms with van der Waals surface area (Å²) >= 11 is 6.09. The number of halogens is 1. The predicted octanol–water partition coefficient (Wildman–Crippen LogP) is 1.99. The first kappa shape index (κ1) is 20.0. The second-order valence-electron chi connectivity index (χ2n) is 6.13. The van der Waals surface area contributed by atoms with Crippen LogP contribution in [-0.4, -0.2) is 48.8 Å². The maximum atomic E-state index is 13.1. The molecule has 0 N–H and O–H groups in total. The smallest absolute Gasteiger partial charge is 0.328 e. The molecule has 146 valence electrons. The van der Waals surface area contributed by atoms with Crippen molar-refractivity contribution in [1.29, 1.82) is 5.26 Å². The maximum absolute atomic E-state index is 13.1. The summed E-state index contributed by atoms with van der Waals surface area (Å²) in [6, 6.07) is 7.21. The van der Waals surface area contributed by atoms with Gasteiger partial charge in [-0.15, -0.1) is 0 Å². The van der Waals surface area contributed by atoms with Crippen LogP contribution in [0.1, 0.15) is 19.0 Å². The fourth-order valence-corrected chi connectivity index (χ4v) is 5.36. The summed E-state index contributed by atoms with van der Waals surface area (Å²) in [5.41, 5.74) is 0.0671. The number of ether oxygens (including phenoxy) is 1. The molecule has 1 aliphatic heterocycles. The van der Waals surface area contributed by atoms with E-state index in [1.807, 2.05) is 6.07 Å². The minimum atomic E-state index is -3.80. The van der Waals surface area contributed by atoms with Crippen LogP contribution in [-0.2, 0) is 19.4 Å². The molecule has 3 rings (SSSR count). The Balaban J connectivity index is 1.99. The second kappa shape index (κ2) is 8.12. The van der Waals surface area contributed by atoms with Gasteiger partial charge in [0, 0.05) is 6.54 Å². The monoisotopic (exact) mass is 420 g/mol. The van der Waals surface area contributed by atoms with Crippen molar-refractivity contribution < 1.29 is 17.9 Å². The van der Waals surface area contributed by atoms with Crippen LogP contribution in [0, 0.1) is 11.3 Å². The van der Waals surface area contributed by atoms with Gasteiger partial charge in [-0.2, -0.15) is 5.26 Å². The SMILES string of the molecule is CCOC(=O)C1C[C@H](S(=O)(=O)c2ccccc2Cl)CN1c1cncc(C#N)n1. The summed E-state index contributed by atoms with van der Waals surface area (Å²) < 4.78 is 31.4. The largest absolute Gasteiger partial charge is 0.464 e. The molecule has 0 spiro atoms. The van der Waals surface area contributed by atoms with Crippen LogP contribution >= 0.6 is 11.6 Å². The van der Waals surface area contributed by atoms with Gasteiger partial charge in [-0.3, -0.25) is 4.98 Å². The van der Waals surface area contributed by atoms with Crippen molar-refractivity contribution in [2.45, 2.75) is 29.5 Å². The van der Waals surface area contributed by atoms with Crippen molar-refractivity contribution in [2.24, 2.45) is 0 Å². The highest BCUT2D eigenvalue weighted by molar-refractivity contribution is 7.92. The van der Waals surface area contributed by atoms with E-state index in [2.05, 4.69) is 9.97 Å². The van der Waals surface area contributed by atoms with Gasteiger partial charge in [0.15, 0.2) is 15.5 Å². The number of hydrogen-bond donors (Lipinski definition) is 0. The molecule has 10 heteroatoms. The van der Waals surface area contributed by atoms with Gasteiger partial charge in [-0.1, -0.05) is 23.7 Å². The van der Waals surface area contributed by atoms with Gasteiger partial charge in [0.1, 0.15) is 17.9 Å². The lowest BCUT2D eigenvalue weighted by molar-refractivity contribution is -0.144. The molecular weight excluding hydrogens is 404 g/mol. The molecule has 1 saturated heterocycles. The minimum Gasteiger partial charge on any atom is -0.464 e. The van der Waals surface area contributed by atoms with Gasteiger partial charge >= 0.3 is 5.97 Å². The summed E-state index contributed by atoms with van der Waals surface area (Å²) in [6.07, 6.45) is 2.69. The molecule has 8 nitrogen and oxygen atoms in total. The quantitative estimate of drug-likeness (QED) is 0.674. The predicted molar refractivity (Wildman–Crippen MR) is 102 cm³/mol. The minimum absolute atomic E-state index is 0.000595. The van der Waals surface area contributed by atoms with Gasteiger partial charge in [0.2, 0.25) is 0 Å². The first-order chi connectivity index (χ1) is 13.4. The molecule has 0 aliphatic carbocycles. The summed E-state index contributed by atoms with van der Waals surface area (Å²) in [5, 5.41) is 8.28. The number of esters is 1.